The number of nitrogens with zero attached hydrogens (tertiary/aromatic N) is 1. The minimum absolute atomic E-state index is 0.171. The van der Waals surface area contributed by atoms with Crippen LogP contribution in [0, 0.1) is 0 Å². The number of fused-ring (bicyclic) bond motifs is 1. The molecule has 0 unspecified atom stereocenters. The Hall–Kier alpha value is -3.62. The smallest absolute Gasteiger partial charge is 0.330 e. The highest BCUT2D eigenvalue weighted by atomic mass is 16.5. The van der Waals surface area contributed by atoms with Crippen LogP contribution in [0.1, 0.15) is 24.5 Å². The third-order valence-corrected chi connectivity index (χ3v) is 4.42. The summed E-state index contributed by atoms with van der Waals surface area (Å²) in [5, 5.41) is 11.0. The van der Waals surface area contributed by atoms with Gasteiger partial charge in [0.15, 0.2) is 6.04 Å². The summed E-state index contributed by atoms with van der Waals surface area (Å²) >= 11 is 0. The molecule has 1 atom stereocenters. The molecule has 0 saturated carbocycles. The van der Waals surface area contributed by atoms with Crippen LogP contribution in [0.15, 0.2) is 45.0 Å². The average molecular weight is 384 g/mol. The lowest BCUT2D eigenvalue weighted by atomic mass is 10.0. The van der Waals surface area contributed by atoms with Crippen molar-refractivity contribution in [2.75, 3.05) is 7.11 Å². The van der Waals surface area contributed by atoms with Crippen LogP contribution in [-0.2, 0) is 16.0 Å². The maximum absolute atomic E-state index is 12.3. The number of aromatic nitrogens is 3. The Morgan fingerprint density at radius 3 is 2.68 bits per heavy atom. The van der Waals surface area contributed by atoms with Gasteiger partial charge in [0.25, 0.3) is 5.56 Å². The van der Waals surface area contributed by atoms with Crippen LogP contribution < -0.4 is 11.2 Å². The molecule has 0 amide bonds. The van der Waals surface area contributed by atoms with Gasteiger partial charge in [-0.25, -0.2) is 9.59 Å². The maximum atomic E-state index is 12.3. The van der Waals surface area contributed by atoms with E-state index in [0.29, 0.717) is 0 Å². The fourth-order valence-electron chi connectivity index (χ4n) is 3.09. The summed E-state index contributed by atoms with van der Waals surface area (Å²) in [7, 11) is 1.26. The van der Waals surface area contributed by atoms with Gasteiger partial charge in [-0.1, -0.05) is 25.1 Å². The standard InChI is InChI=1S/C19H20N4O5/c1-3-12(15-16(24)22-19(27)23-17(15)25)21-14(18(26)28-2)8-10-9-20-13-7-5-4-6-11(10)13/h4-7,9,14,20H,3,8H2,1-2H3,(H3,22,23,24,25,27)/t14-/m1/s1. The summed E-state index contributed by atoms with van der Waals surface area (Å²) in [4.78, 5) is 47.5. The van der Waals surface area contributed by atoms with Gasteiger partial charge in [0.2, 0.25) is 5.88 Å². The van der Waals surface area contributed by atoms with Crippen LogP contribution in [-0.4, -0.2) is 44.9 Å². The highest BCUT2D eigenvalue weighted by Crippen LogP contribution is 2.21. The van der Waals surface area contributed by atoms with E-state index in [1.807, 2.05) is 24.3 Å². The monoisotopic (exact) mass is 384 g/mol. The Balaban J connectivity index is 2.05. The number of nitrogens with one attached hydrogen (secondary N) is 3. The first kappa shape index (κ1) is 19.2. The van der Waals surface area contributed by atoms with E-state index in [1.54, 1.807) is 13.1 Å². The zero-order valence-corrected chi connectivity index (χ0v) is 15.4. The third-order valence-electron chi connectivity index (χ3n) is 4.42. The number of hydrogen-bond acceptors (Lipinski definition) is 6. The molecule has 2 aromatic heterocycles. The quantitative estimate of drug-likeness (QED) is 0.374. The van der Waals surface area contributed by atoms with E-state index in [-0.39, 0.29) is 24.1 Å². The van der Waals surface area contributed by atoms with Crippen LogP contribution in [0.4, 0.5) is 0 Å². The molecule has 0 bridgehead atoms. The molecule has 0 aliphatic heterocycles. The van der Waals surface area contributed by atoms with Crippen molar-refractivity contribution in [3.8, 4) is 5.88 Å². The van der Waals surface area contributed by atoms with Gasteiger partial charge in [-0.3, -0.25) is 19.8 Å². The van der Waals surface area contributed by atoms with Crippen LogP contribution in [0.25, 0.3) is 10.9 Å². The van der Waals surface area contributed by atoms with Gasteiger partial charge >= 0.3 is 11.7 Å². The van der Waals surface area contributed by atoms with Crippen molar-refractivity contribution in [1.82, 2.24) is 15.0 Å². The van der Waals surface area contributed by atoms with Crippen molar-refractivity contribution < 1.29 is 14.6 Å². The summed E-state index contributed by atoms with van der Waals surface area (Å²) in [5.41, 5.74) is 0.197. The normalized spacial score (nSPS) is 12.9. The van der Waals surface area contributed by atoms with Crippen molar-refractivity contribution >= 4 is 22.6 Å². The lowest BCUT2D eigenvalue weighted by Gasteiger charge is -2.13. The summed E-state index contributed by atoms with van der Waals surface area (Å²) in [6, 6.07) is 6.72. The third kappa shape index (κ3) is 3.73. The number of aromatic hydroxyl groups is 1. The molecule has 0 aliphatic rings. The number of rotatable bonds is 6. The molecule has 1 aromatic carbocycles. The van der Waals surface area contributed by atoms with E-state index >= 15 is 0 Å². The molecular formula is C19H20N4O5. The van der Waals surface area contributed by atoms with E-state index in [0.717, 1.165) is 16.5 Å². The van der Waals surface area contributed by atoms with E-state index in [2.05, 4.69) is 19.9 Å². The second-order valence-corrected chi connectivity index (χ2v) is 6.16. The number of ether oxygens (including phenoxy) is 1. The van der Waals surface area contributed by atoms with Crippen LogP contribution >= 0.6 is 0 Å². The number of esters is 1. The largest absolute Gasteiger partial charge is 0.494 e. The SMILES string of the molecule is CCC(=N[C@H](Cc1c[nH]c2ccccc12)C(=O)OC)c1c(O)[nH]c(=O)[nH]c1=O. The van der Waals surface area contributed by atoms with Crippen molar-refractivity contribution in [2.45, 2.75) is 25.8 Å². The Kier molecular flexibility index (Phi) is 5.44. The second-order valence-electron chi connectivity index (χ2n) is 6.16. The van der Waals surface area contributed by atoms with E-state index in [4.69, 9.17) is 4.74 Å². The summed E-state index contributed by atoms with van der Waals surface area (Å²) in [6.45, 7) is 1.73. The lowest BCUT2D eigenvalue weighted by Crippen LogP contribution is -2.30. The molecule has 9 heteroatoms. The van der Waals surface area contributed by atoms with Crippen LogP contribution in [0.3, 0.4) is 0 Å². The average Bonchev–Trinajstić information content (AvgIpc) is 3.08. The minimum atomic E-state index is -0.926. The number of para-hydroxylation sites is 1. The van der Waals surface area contributed by atoms with Gasteiger partial charge in [-0.05, 0) is 18.1 Å². The number of benzene rings is 1. The molecular weight excluding hydrogens is 364 g/mol. The van der Waals surface area contributed by atoms with E-state index < -0.39 is 29.1 Å². The number of methoxy groups -OCH3 is 1. The number of hydrogen-bond donors (Lipinski definition) is 4. The van der Waals surface area contributed by atoms with Gasteiger partial charge in [0.05, 0.1) is 12.8 Å². The number of carbonyl (C=O) groups excluding carboxylic acids is 1. The summed E-state index contributed by atoms with van der Waals surface area (Å²) < 4.78 is 4.87. The fraction of sp³-hybridized carbons (Fsp3) is 0.263. The van der Waals surface area contributed by atoms with E-state index in [1.165, 1.54) is 7.11 Å². The summed E-state index contributed by atoms with van der Waals surface area (Å²) in [6.07, 6.45) is 2.29. The molecule has 28 heavy (non-hydrogen) atoms. The molecule has 2 heterocycles. The molecule has 0 fully saturated rings. The predicted octanol–water partition coefficient (Wildman–Crippen LogP) is 1.23. The lowest BCUT2D eigenvalue weighted by molar-refractivity contribution is -0.142. The molecule has 3 rings (SSSR count). The highest BCUT2D eigenvalue weighted by Gasteiger charge is 2.23. The van der Waals surface area contributed by atoms with Gasteiger partial charge < -0.3 is 14.8 Å². The van der Waals surface area contributed by atoms with Gasteiger partial charge in [-0.15, -0.1) is 0 Å². The molecule has 0 spiro atoms. The van der Waals surface area contributed by atoms with Gasteiger partial charge in [-0.2, -0.15) is 0 Å². The first-order valence-corrected chi connectivity index (χ1v) is 8.70. The predicted molar refractivity (Wildman–Crippen MR) is 104 cm³/mol. The Labute approximate surface area is 159 Å². The Bertz CT molecular complexity index is 1150. The zero-order valence-electron chi connectivity index (χ0n) is 15.4. The van der Waals surface area contributed by atoms with Crippen molar-refractivity contribution in [2.24, 2.45) is 4.99 Å². The van der Waals surface area contributed by atoms with Crippen LogP contribution in [0.2, 0.25) is 0 Å². The Morgan fingerprint density at radius 1 is 1.25 bits per heavy atom. The number of H-pyrrole nitrogens is 3. The summed E-state index contributed by atoms with van der Waals surface area (Å²) in [5.74, 6) is -1.17. The molecule has 4 N–H and O–H groups in total. The van der Waals surface area contributed by atoms with Crippen molar-refractivity contribution in [3.05, 3.63) is 62.4 Å². The molecule has 0 saturated heterocycles. The minimum Gasteiger partial charge on any atom is -0.494 e. The first-order chi connectivity index (χ1) is 13.4. The van der Waals surface area contributed by atoms with Gasteiger partial charge in [0.1, 0.15) is 5.56 Å². The number of aliphatic imine (C=N–C) groups is 1. The fourth-order valence-corrected chi connectivity index (χ4v) is 3.09. The highest BCUT2D eigenvalue weighted by molar-refractivity contribution is 6.03. The van der Waals surface area contributed by atoms with Crippen LogP contribution in [0.5, 0.6) is 5.88 Å². The zero-order chi connectivity index (χ0) is 20.3. The molecule has 9 nitrogen and oxygen atoms in total. The van der Waals surface area contributed by atoms with E-state index in [9.17, 15) is 19.5 Å². The topological polar surface area (TPSA) is 140 Å². The molecule has 0 aliphatic carbocycles. The molecule has 3 aromatic rings. The number of aromatic amines is 3. The van der Waals surface area contributed by atoms with Gasteiger partial charge in [0, 0.05) is 23.5 Å². The second kappa shape index (κ2) is 7.95. The van der Waals surface area contributed by atoms with Crippen molar-refractivity contribution in [3.63, 3.8) is 0 Å². The maximum Gasteiger partial charge on any atom is 0.330 e. The molecule has 0 radical (unpaired) electrons. The number of carbonyl (C=O) groups is 1. The molecule has 146 valence electrons. The van der Waals surface area contributed by atoms with Crippen molar-refractivity contribution in [1.29, 1.82) is 0 Å². The Morgan fingerprint density at radius 2 is 2.00 bits per heavy atom. The first-order valence-electron chi connectivity index (χ1n) is 8.70.